The van der Waals surface area contributed by atoms with Gasteiger partial charge in [0.15, 0.2) is 0 Å². The molecule has 0 unspecified atom stereocenters. The summed E-state index contributed by atoms with van der Waals surface area (Å²) in [6.45, 7) is 5.36. The normalized spacial score (nSPS) is 20.1. The van der Waals surface area contributed by atoms with Gasteiger partial charge in [-0.1, -0.05) is 60.7 Å². The molecule has 0 amide bonds. The van der Waals surface area contributed by atoms with Gasteiger partial charge in [-0.05, 0) is 56.5 Å². The molecule has 172 valence electrons. The first-order chi connectivity index (χ1) is 15.5. The van der Waals surface area contributed by atoms with Crippen LogP contribution < -0.4 is 4.74 Å². The van der Waals surface area contributed by atoms with Gasteiger partial charge < -0.3 is 9.47 Å². The quantitative estimate of drug-likeness (QED) is 0.414. The van der Waals surface area contributed by atoms with Crippen LogP contribution in [0, 0.1) is 0 Å². The Bertz CT molecular complexity index is 1130. The molecule has 3 nitrogen and oxygen atoms in total. The van der Waals surface area contributed by atoms with Crippen LogP contribution in [-0.2, 0) is 27.5 Å². The summed E-state index contributed by atoms with van der Waals surface area (Å²) in [6, 6.07) is 21.5. The highest BCUT2D eigenvalue weighted by Gasteiger charge is 2.57. The van der Waals surface area contributed by atoms with E-state index in [2.05, 4.69) is 0 Å². The predicted octanol–water partition coefficient (Wildman–Crippen LogP) is 6.66. The lowest BCUT2D eigenvalue weighted by Gasteiger charge is -2.35. The largest absolute Gasteiger partial charge is 0.484 e. The molecular formula is C27H25F3O3. The number of fused-ring (bicyclic) bond motifs is 1. The molecule has 2 atom stereocenters. The summed E-state index contributed by atoms with van der Waals surface area (Å²) in [5, 5.41) is 0. The predicted molar refractivity (Wildman–Crippen MR) is 119 cm³/mol. The average molecular weight is 454 g/mol. The minimum absolute atomic E-state index is 0.269. The van der Waals surface area contributed by atoms with Gasteiger partial charge in [-0.25, -0.2) is 0 Å². The van der Waals surface area contributed by atoms with Crippen molar-refractivity contribution in [2.24, 2.45) is 0 Å². The van der Waals surface area contributed by atoms with E-state index in [0.717, 1.165) is 17.7 Å². The fourth-order valence-corrected chi connectivity index (χ4v) is 4.27. The number of hydrogen-bond acceptors (Lipinski definition) is 3. The lowest BCUT2D eigenvalue weighted by Crippen LogP contribution is -2.46. The molecule has 0 radical (unpaired) electrons. The van der Waals surface area contributed by atoms with Crippen molar-refractivity contribution in [3.8, 4) is 5.75 Å². The van der Waals surface area contributed by atoms with E-state index in [1.165, 1.54) is 12.1 Å². The first-order valence-corrected chi connectivity index (χ1v) is 10.7. The van der Waals surface area contributed by atoms with Crippen molar-refractivity contribution >= 4 is 5.97 Å². The van der Waals surface area contributed by atoms with Crippen molar-refractivity contribution in [2.45, 2.75) is 50.5 Å². The summed E-state index contributed by atoms with van der Waals surface area (Å²) in [7, 11) is 0. The Balaban J connectivity index is 1.89. The van der Waals surface area contributed by atoms with E-state index in [1.807, 2.05) is 42.5 Å². The molecule has 0 N–H and O–H groups in total. The van der Waals surface area contributed by atoms with Crippen molar-refractivity contribution in [1.29, 1.82) is 0 Å². The Morgan fingerprint density at radius 3 is 2.12 bits per heavy atom. The van der Waals surface area contributed by atoms with E-state index in [9.17, 15) is 18.0 Å². The van der Waals surface area contributed by atoms with Crippen LogP contribution in [0.1, 0.15) is 49.1 Å². The van der Waals surface area contributed by atoms with E-state index in [0.29, 0.717) is 16.9 Å². The third kappa shape index (κ3) is 4.47. The van der Waals surface area contributed by atoms with Crippen molar-refractivity contribution in [1.82, 2.24) is 0 Å². The summed E-state index contributed by atoms with van der Waals surface area (Å²) in [5.41, 5.74) is -0.768. The fourth-order valence-electron chi connectivity index (χ4n) is 4.27. The van der Waals surface area contributed by atoms with Gasteiger partial charge >= 0.3 is 12.1 Å². The Kier molecular flexibility index (Phi) is 5.72. The number of ether oxygens (including phenoxy) is 2. The number of carbonyl (C=O) groups excluding carboxylic acids is 1. The number of halogens is 3. The Morgan fingerprint density at radius 1 is 0.909 bits per heavy atom. The van der Waals surface area contributed by atoms with Crippen LogP contribution in [0.15, 0.2) is 78.9 Å². The molecule has 33 heavy (non-hydrogen) atoms. The van der Waals surface area contributed by atoms with Crippen molar-refractivity contribution in [3.05, 3.63) is 101 Å². The molecule has 6 heteroatoms. The summed E-state index contributed by atoms with van der Waals surface area (Å²) in [4.78, 5) is 13.9. The van der Waals surface area contributed by atoms with Crippen LogP contribution in [0.3, 0.4) is 0 Å². The SMILES string of the molecule is CC(C)(C)OC(=O)[C@@]1(Cc2ccccc2)c2ccccc2O[C@@H]1c1ccc(C(F)(F)F)cc1. The lowest BCUT2D eigenvalue weighted by atomic mass is 9.70. The molecule has 0 fully saturated rings. The van der Waals surface area contributed by atoms with Crippen LogP contribution in [0.4, 0.5) is 13.2 Å². The van der Waals surface area contributed by atoms with Gasteiger partial charge in [0.1, 0.15) is 22.9 Å². The minimum Gasteiger partial charge on any atom is -0.484 e. The van der Waals surface area contributed by atoms with E-state index < -0.39 is 34.8 Å². The van der Waals surface area contributed by atoms with Crippen molar-refractivity contribution < 1.29 is 27.4 Å². The van der Waals surface area contributed by atoms with Crippen LogP contribution in [0.5, 0.6) is 5.75 Å². The number of hydrogen-bond donors (Lipinski definition) is 0. The lowest BCUT2D eigenvalue weighted by molar-refractivity contribution is -0.165. The zero-order valence-corrected chi connectivity index (χ0v) is 18.6. The molecule has 0 saturated heterocycles. The number of benzene rings is 3. The molecule has 0 aromatic heterocycles. The average Bonchev–Trinajstić information content (AvgIpc) is 3.08. The first-order valence-electron chi connectivity index (χ1n) is 10.7. The maximum atomic E-state index is 13.9. The van der Waals surface area contributed by atoms with E-state index in [-0.39, 0.29) is 6.42 Å². The van der Waals surface area contributed by atoms with Gasteiger partial charge in [-0.15, -0.1) is 0 Å². The Labute approximate surface area is 191 Å². The summed E-state index contributed by atoms with van der Waals surface area (Å²) in [6.07, 6.45) is -5.04. The van der Waals surface area contributed by atoms with Crippen LogP contribution in [0.25, 0.3) is 0 Å². The third-order valence-corrected chi connectivity index (χ3v) is 5.69. The highest BCUT2D eigenvalue weighted by atomic mass is 19.4. The standard InChI is InChI=1S/C27H25F3O3/c1-25(2,3)33-24(31)26(17-18-9-5-4-6-10-18)21-11-7-8-12-22(21)32-23(26)19-13-15-20(16-14-19)27(28,29)30/h4-16,23H,17H2,1-3H3/t23-,26+/m1/s1. The van der Waals surface area contributed by atoms with Gasteiger partial charge in [0.25, 0.3) is 0 Å². The number of para-hydroxylation sites is 1. The molecule has 0 bridgehead atoms. The van der Waals surface area contributed by atoms with Crippen molar-refractivity contribution in [3.63, 3.8) is 0 Å². The Morgan fingerprint density at radius 2 is 1.52 bits per heavy atom. The van der Waals surface area contributed by atoms with Crippen molar-refractivity contribution in [2.75, 3.05) is 0 Å². The van der Waals surface area contributed by atoms with Gasteiger partial charge in [0, 0.05) is 5.56 Å². The molecule has 0 spiro atoms. The highest BCUT2D eigenvalue weighted by Crippen LogP contribution is 2.53. The van der Waals surface area contributed by atoms with E-state index in [4.69, 9.17) is 9.47 Å². The minimum atomic E-state index is -4.45. The maximum absolute atomic E-state index is 13.9. The zero-order chi connectivity index (χ0) is 23.9. The second-order valence-electron chi connectivity index (χ2n) is 9.25. The monoisotopic (exact) mass is 454 g/mol. The Hall–Kier alpha value is -3.28. The van der Waals surface area contributed by atoms with Gasteiger partial charge in [-0.3, -0.25) is 4.79 Å². The van der Waals surface area contributed by atoms with E-state index >= 15 is 0 Å². The summed E-state index contributed by atoms with van der Waals surface area (Å²) in [5.74, 6) is 0.0397. The molecular weight excluding hydrogens is 429 g/mol. The second-order valence-corrected chi connectivity index (χ2v) is 9.25. The first kappa shape index (κ1) is 22.9. The summed E-state index contributed by atoms with van der Waals surface area (Å²) >= 11 is 0. The molecule has 1 aliphatic rings. The number of carbonyl (C=O) groups is 1. The summed E-state index contributed by atoms with van der Waals surface area (Å²) < 4.78 is 51.6. The van der Waals surface area contributed by atoms with Crippen LogP contribution in [0.2, 0.25) is 0 Å². The molecule has 0 saturated carbocycles. The zero-order valence-electron chi connectivity index (χ0n) is 18.6. The number of rotatable bonds is 4. The molecule has 3 aromatic carbocycles. The smallest absolute Gasteiger partial charge is 0.416 e. The molecule has 4 rings (SSSR count). The fraction of sp³-hybridized carbons (Fsp3) is 0.296. The van der Waals surface area contributed by atoms with Crippen LogP contribution >= 0.6 is 0 Å². The third-order valence-electron chi connectivity index (χ3n) is 5.69. The highest BCUT2D eigenvalue weighted by molar-refractivity contribution is 5.87. The molecule has 0 aliphatic carbocycles. The molecule has 1 heterocycles. The van der Waals surface area contributed by atoms with Gasteiger partial charge in [-0.2, -0.15) is 13.2 Å². The molecule has 1 aliphatic heterocycles. The topological polar surface area (TPSA) is 35.5 Å². The maximum Gasteiger partial charge on any atom is 0.416 e. The number of esters is 1. The number of alkyl halides is 3. The molecule has 3 aromatic rings. The van der Waals surface area contributed by atoms with Gasteiger partial charge in [0.2, 0.25) is 0 Å². The van der Waals surface area contributed by atoms with Gasteiger partial charge in [0.05, 0.1) is 5.56 Å². The second kappa shape index (κ2) is 8.25. The van der Waals surface area contributed by atoms with E-state index in [1.54, 1.807) is 32.9 Å². The van der Waals surface area contributed by atoms with Crippen LogP contribution in [-0.4, -0.2) is 11.6 Å².